The van der Waals surface area contributed by atoms with Gasteiger partial charge in [0, 0.05) is 25.2 Å². The molecule has 2 aliphatic rings. The molecule has 1 fully saturated rings. The third-order valence-corrected chi connectivity index (χ3v) is 4.67. The molecule has 2 heterocycles. The molecule has 0 saturated carbocycles. The third-order valence-electron chi connectivity index (χ3n) is 4.67. The van der Waals surface area contributed by atoms with Crippen molar-refractivity contribution in [3.05, 3.63) is 60.2 Å². The number of hydrogen-bond acceptors (Lipinski definition) is 3. The van der Waals surface area contributed by atoms with Crippen LogP contribution in [-0.2, 0) is 9.59 Å². The summed E-state index contributed by atoms with van der Waals surface area (Å²) in [5.74, 6) is -0.176. The largest absolute Gasteiger partial charge is 0.339 e. The van der Waals surface area contributed by atoms with Gasteiger partial charge in [0.2, 0.25) is 0 Å². The van der Waals surface area contributed by atoms with Crippen LogP contribution in [0.15, 0.2) is 54.6 Å². The zero-order valence-electron chi connectivity index (χ0n) is 14.1. The second kappa shape index (κ2) is 7.92. The van der Waals surface area contributed by atoms with Crippen molar-refractivity contribution < 1.29 is 14.4 Å². The van der Waals surface area contributed by atoms with Crippen LogP contribution in [0.5, 0.6) is 0 Å². The summed E-state index contributed by atoms with van der Waals surface area (Å²) in [6.07, 6.45) is 9.00. The van der Waals surface area contributed by atoms with E-state index in [1.54, 1.807) is 6.08 Å². The van der Waals surface area contributed by atoms with E-state index in [1.807, 2.05) is 41.3 Å². The zero-order valence-corrected chi connectivity index (χ0v) is 14.1. The van der Waals surface area contributed by atoms with Crippen LogP contribution in [0.1, 0.15) is 29.6 Å². The first-order valence-electron chi connectivity index (χ1n) is 8.69. The molecule has 1 aromatic rings. The van der Waals surface area contributed by atoms with Gasteiger partial charge in [-0.15, -0.1) is 0 Å². The number of carbonyl (C=O) groups excluding carboxylic acids is 3. The fourth-order valence-corrected chi connectivity index (χ4v) is 3.17. The average molecular weight is 338 g/mol. The summed E-state index contributed by atoms with van der Waals surface area (Å²) in [6, 6.07) is 9.29. The summed E-state index contributed by atoms with van der Waals surface area (Å²) in [5.41, 5.74) is 0.711. The first-order valence-corrected chi connectivity index (χ1v) is 8.69. The Labute approximate surface area is 147 Å². The Balaban J connectivity index is 1.51. The van der Waals surface area contributed by atoms with Crippen LogP contribution in [0, 0.1) is 5.92 Å². The number of rotatable bonds is 3. The van der Waals surface area contributed by atoms with E-state index in [0.717, 1.165) is 12.8 Å². The molecular formula is C20H22N2O3. The monoisotopic (exact) mass is 338 g/mol. The number of piperidine rings is 1. The van der Waals surface area contributed by atoms with Crippen LogP contribution < -0.4 is 0 Å². The van der Waals surface area contributed by atoms with E-state index < -0.39 is 0 Å². The van der Waals surface area contributed by atoms with Crippen molar-refractivity contribution in [2.24, 2.45) is 5.92 Å². The number of benzene rings is 1. The SMILES string of the molecule is O=C(c1ccccc1)N1CCC(/C=C/C(=O)N2CCC=CC2=O)CC1. The van der Waals surface area contributed by atoms with Gasteiger partial charge in [0.15, 0.2) is 0 Å². The van der Waals surface area contributed by atoms with Crippen LogP contribution in [0.4, 0.5) is 0 Å². The van der Waals surface area contributed by atoms with Gasteiger partial charge in [-0.25, -0.2) is 0 Å². The van der Waals surface area contributed by atoms with Crippen LogP contribution in [0.25, 0.3) is 0 Å². The molecule has 3 amide bonds. The standard InChI is InChI=1S/C20H22N2O3/c23-18-8-4-5-13-22(18)19(24)10-9-16-11-14-21(15-12-16)20(25)17-6-2-1-3-7-17/h1-4,6-10,16H,5,11-15H2/b10-9+. The molecule has 0 aliphatic carbocycles. The Morgan fingerprint density at radius 3 is 2.44 bits per heavy atom. The molecule has 0 atom stereocenters. The highest BCUT2D eigenvalue weighted by molar-refractivity contribution is 6.05. The van der Waals surface area contributed by atoms with Gasteiger partial charge in [0.05, 0.1) is 0 Å². The van der Waals surface area contributed by atoms with Gasteiger partial charge in [-0.3, -0.25) is 19.3 Å². The number of likely N-dealkylation sites (tertiary alicyclic amines) is 1. The van der Waals surface area contributed by atoms with Crippen molar-refractivity contribution in [2.45, 2.75) is 19.3 Å². The lowest BCUT2D eigenvalue weighted by Crippen LogP contribution is -2.38. The quantitative estimate of drug-likeness (QED) is 0.795. The maximum absolute atomic E-state index is 12.4. The fourth-order valence-electron chi connectivity index (χ4n) is 3.17. The summed E-state index contributed by atoms with van der Waals surface area (Å²) >= 11 is 0. The van der Waals surface area contributed by atoms with Crippen LogP contribution >= 0.6 is 0 Å². The first-order chi connectivity index (χ1) is 12.1. The molecule has 2 aliphatic heterocycles. The van der Waals surface area contributed by atoms with Crippen LogP contribution in [0.2, 0.25) is 0 Å². The number of hydrogen-bond donors (Lipinski definition) is 0. The molecule has 0 radical (unpaired) electrons. The highest BCUT2D eigenvalue weighted by atomic mass is 16.2. The maximum Gasteiger partial charge on any atom is 0.253 e. The average Bonchev–Trinajstić information content (AvgIpc) is 2.67. The van der Waals surface area contributed by atoms with E-state index in [9.17, 15) is 14.4 Å². The van der Waals surface area contributed by atoms with Gasteiger partial charge in [0.25, 0.3) is 17.7 Å². The van der Waals surface area contributed by atoms with Crippen molar-refractivity contribution >= 4 is 17.7 Å². The van der Waals surface area contributed by atoms with Gasteiger partial charge in [-0.2, -0.15) is 0 Å². The van der Waals surface area contributed by atoms with Crippen LogP contribution in [-0.4, -0.2) is 47.2 Å². The molecular weight excluding hydrogens is 316 g/mol. The Hall–Kier alpha value is -2.69. The Bertz CT molecular complexity index is 701. The van der Waals surface area contributed by atoms with Crippen molar-refractivity contribution in [1.29, 1.82) is 0 Å². The summed E-state index contributed by atoms with van der Waals surface area (Å²) in [7, 11) is 0. The second-order valence-electron chi connectivity index (χ2n) is 6.37. The van der Waals surface area contributed by atoms with E-state index in [2.05, 4.69) is 0 Å². The lowest BCUT2D eigenvalue weighted by Gasteiger charge is -2.31. The van der Waals surface area contributed by atoms with Gasteiger partial charge in [0.1, 0.15) is 0 Å². The summed E-state index contributed by atoms with van der Waals surface area (Å²) in [4.78, 5) is 39.4. The highest BCUT2D eigenvalue weighted by Gasteiger charge is 2.23. The first kappa shape index (κ1) is 17.1. The number of allylic oxidation sites excluding steroid dienone is 1. The highest BCUT2D eigenvalue weighted by Crippen LogP contribution is 2.20. The zero-order chi connectivity index (χ0) is 17.6. The number of imide groups is 1. The molecule has 1 aromatic carbocycles. The maximum atomic E-state index is 12.4. The molecule has 0 N–H and O–H groups in total. The van der Waals surface area contributed by atoms with Gasteiger partial charge >= 0.3 is 0 Å². The van der Waals surface area contributed by atoms with Crippen molar-refractivity contribution in [1.82, 2.24) is 9.80 Å². The fraction of sp³-hybridized carbons (Fsp3) is 0.350. The minimum atomic E-state index is -0.253. The molecule has 0 unspecified atom stereocenters. The van der Waals surface area contributed by atoms with E-state index in [-0.39, 0.29) is 23.6 Å². The molecule has 5 heteroatoms. The van der Waals surface area contributed by atoms with Gasteiger partial charge in [-0.1, -0.05) is 30.4 Å². The smallest absolute Gasteiger partial charge is 0.253 e. The molecule has 0 bridgehead atoms. The molecule has 130 valence electrons. The molecule has 0 aromatic heterocycles. The number of amides is 3. The van der Waals surface area contributed by atoms with E-state index in [1.165, 1.54) is 17.1 Å². The summed E-state index contributed by atoms with van der Waals surface area (Å²) < 4.78 is 0. The predicted octanol–water partition coefficient (Wildman–Crippen LogP) is 2.41. The van der Waals surface area contributed by atoms with Crippen LogP contribution in [0.3, 0.4) is 0 Å². The lowest BCUT2D eigenvalue weighted by atomic mass is 9.95. The Kier molecular flexibility index (Phi) is 5.43. The normalized spacial score (nSPS) is 18.8. The summed E-state index contributed by atoms with van der Waals surface area (Å²) in [5, 5.41) is 0. The molecule has 1 saturated heterocycles. The van der Waals surface area contributed by atoms with Gasteiger partial charge in [-0.05, 0) is 49.5 Å². The molecule has 0 spiro atoms. The predicted molar refractivity (Wildman–Crippen MR) is 94.7 cm³/mol. The van der Waals surface area contributed by atoms with Crippen molar-refractivity contribution in [3.8, 4) is 0 Å². The number of nitrogens with zero attached hydrogens (tertiary/aromatic N) is 2. The van der Waals surface area contributed by atoms with E-state index in [4.69, 9.17) is 0 Å². The minimum absolute atomic E-state index is 0.0600. The Morgan fingerprint density at radius 2 is 1.76 bits per heavy atom. The number of carbonyl (C=O) groups is 3. The van der Waals surface area contributed by atoms with Gasteiger partial charge < -0.3 is 4.90 Å². The Morgan fingerprint density at radius 1 is 1.04 bits per heavy atom. The van der Waals surface area contributed by atoms with Crippen molar-refractivity contribution in [2.75, 3.05) is 19.6 Å². The molecule has 3 rings (SSSR count). The van der Waals surface area contributed by atoms with E-state index >= 15 is 0 Å². The molecule has 5 nitrogen and oxygen atoms in total. The molecule has 25 heavy (non-hydrogen) atoms. The van der Waals surface area contributed by atoms with Crippen molar-refractivity contribution in [3.63, 3.8) is 0 Å². The van der Waals surface area contributed by atoms with E-state index in [0.29, 0.717) is 31.6 Å². The summed E-state index contributed by atoms with van der Waals surface area (Å²) in [6.45, 7) is 1.81. The minimum Gasteiger partial charge on any atom is -0.339 e. The lowest BCUT2D eigenvalue weighted by molar-refractivity contribution is -0.139. The second-order valence-corrected chi connectivity index (χ2v) is 6.37. The topological polar surface area (TPSA) is 57.7 Å². The third kappa shape index (κ3) is 4.24.